The van der Waals surface area contributed by atoms with Crippen LogP contribution in [-0.4, -0.2) is 25.2 Å². The topological polar surface area (TPSA) is 20.2 Å². The predicted octanol–water partition coefficient (Wildman–Crippen LogP) is 1.18. The predicted molar refractivity (Wildman–Crippen MR) is 18.1 cm³/mol. The van der Waals surface area contributed by atoms with Crippen LogP contribution in [0.2, 0.25) is 0 Å². The van der Waals surface area contributed by atoms with Crippen LogP contribution in [0.15, 0.2) is 0 Å². The van der Waals surface area contributed by atoms with E-state index in [4.69, 9.17) is 1.43 Å². The summed E-state index contributed by atoms with van der Waals surface area (Å²) in [5, 5.41) is 2.91. The van der Waals surface area contributed by atoms with Gasteiger partial charge < -0.3 is 5.11 Å². The van der Waals surface area contributed by atoms with Crippen molar-refractivity contribution in [1.29, 1.82) is 1.43 Å². The lowest BCUT2D eigenvalue weighted by molar-refractivity contribution is -0.292. The number of aliphatic hydroxyl groups excluding tert-OH is 1. The van der Waals surface area contributed by atoms with Crippen molar-refractivity contribution in [3.63, 3.8) is 0 Å². The fraction of sp³-hybridized carbons (Fsp3) is 1.00. The molecule has 0 unspecified atom stereocenters. The van der Waals surface area contributed by atoms with E-state index in [-0.39, 0.29) is 0 Å². The average Bonchev–Trinajstić information content (AvgIpc) is 1.61. The third kappa shape index (κ3) is 1.78. The van der Waals surface area contributed by atoms with Crippen molar-refractivity contribution in [2.75, 3.05) is 6.61 Å². The molecule has 0 aromatic carbocycles. The van der Waals surface area contributed by atoms with Crippen molar-refractivity contribution in [1.82, 2.24) is 0 Å². The fourth-order valence-electron chi connectivity index (χ4n) is 0.0818. The highest BCUT2D eigenvalue weighted by Crippen LogP contribution is 2.34. The third-order valence-corrected chi connectivity index (χ3v) is 0.596. The molecule has 0 aromatic heterocycles. The van der Waals surface area contributed by atoms with Crippen LogP contribution in [-0.2, 0) is 0 Å². The Morgan fingerprint density at radius 1 is 1.22 bits per heavy atom. The number of halogens is 5. The van der Waals surface area contributed by atoms with Crippen molar-refractivity contribution in [2.24, 2.45) is 0 Å². The summed E-state index contributed by atoms with van der Waals surface area (Å²) in [6, 6.07) is 0. The van der Waals surface area contributed by atoms with Crippen molar-refractivity contribution in [3.8, 4) is 0 Å². The summed E-state index contributed by atoms with van der Waals surface area (Å²) in [6.07, 6.45) is -5.63. The van der Waals surface area contributed by atoms with Gasteiger partial charge in [-0.3, -0.25) is 0 Å². The van der Waals surface area contributed by atoms with E-state index in [9.17, 15) is 22.0 Å². The molecule has 6 heteroatoms. The summed E-state index contributed by atoms with van der Waals surface area (Å²) in [7, 11) is 0. The zero-order valence-electron chi connectivity index (χ0n) is 5.01. The molecule has 0 rings (SSSR count). The molecule has 0 aliphatic heterocycles. The molecule has 0 atom stereocenters. The molecule has 56 valence electrons. The molecule has 0 amide bonds. The van der Waals surface area contributed by atoms with Gasteiger partial charge in [0.15, 0.2) is 0 Å². The Bertz CT molecular complexity index is 110. The Balaban J connectivity index is 4.10. The molecule has 1 N–H and O–H groups in total. The number of rotatable bonds is 2. The summed E-state index contributed by atoms with van der Waals surface area (Å²) in [4.78, 5) is 0. The lowest BCUT2D eigenvalue weighted by Gasteiger charge is -2.15. The average molecular weight is 151 g/mol. The van der Waals surface area contributed by atoms with Crippen LogP contribution in [0, 0.1) is 0 Å². The van der Waals surface area contributed by atoms with E-state index in [1.165, 1.54) is 0 Å². The second kappa shape index (κ2) is 2.09. The van der Waals surface area contributed by atoms with Gasteiger partial charge in [0.05, 0.1) is 0 Å². The summed E-state index contributed by atoms with van der Waals surface area (Å²) >= 11 is 0. The molecule has 0 aromatic rings. The number of aliphatic hydroxyl groups is 1. The van der Waals surface area contributed by atoms with Gasteiger partial charge in [-0.25, -0.2) is 0 Å². The lowest BCUT2D eigenvalue weighted by atomic mass is 10.3. The first-order valence-electron chi connectivity index (χ1n) is 2.25. The summed E-state index contributed by atoms with van der Waals surface area (Å²) < 4.78 is 62.1. The number of hydrogen-bond donors (Lipinski definition) is 1. The fourth-order valence-corrected chi connectivity index (χ4v) is 0.0818. The lowest BCUT2D eigenvalue weighted by Crippen LogP contribution is -2.39. The Morgan fingerprint density at radius 3 is 1.78 bits per heavy atom. The minimum Gasteiger partial charge on any atom is -0.390 e. The smallest absolute Gasteiger partial charge is 0.390 e. The normalized spacial score (nSPS) is 15.4. The second-order valence-electron chi connectivity index (χ2n) is 1.35. The van der Waals surface area contributed by atoms with Gasteiger partial charge in [0, 0.05) is 0 Å². The summed E-state index contributed by atoms with van der Waals surface area (Å²) in [5.41, 5.74) is 0. The van der Waals surface area contributed by atoms with Gasteiger partial charge in [0.25, 0.3) is 0 Å². The largest absolute Gasteiger partial charge is 0.455 e. The molecule has 0 bridgehead atoms. The third-order valence-electron chi connectivity index (χ3n) is 0.596. The highest BCUT2D eigenvalue weighted by atomic mass is 19.4. The van der Waals surface area contributed by atoms with Crippen LogP contribution in [0.4, 0.5) is 22.0 Å². The summed E-state index contributed by atoms with van der Waals surface area (Å²) in [6.45, 7) is -1.96. The molecular formula is C3H3F5O. The standard InChI is InChI=1S/C3H3F5O/c4-2(5,1-9)3(6,7)8/h9H,1H2/i9D. The molecule has 0 spiro atoms. The van der Waals surface area contributed by atoms with Gasteiger partial charge in [-0.05, 0) is 0 Å². The molecule has 0 fully saturated rings. The quantitative estimate of drug-likeness (QED) is 0.587. The zero-order chi connectivity index (χ0) is 8.41. The van der Waals surface area contributed by atoms with E-state index in [1.54, 1.807) is 0 Å². The highest BCUT2D eigenvalue weighted by molar-refractivity contribution is 4.73. The Hall–Kier alpha value is -0.390. The Labute approximate surface area is 48.6 Å². The van der Waals surface area contributed by atoms with Crippen LogP contribution in [0.25, 0.3) is 0 Å². The monoisotopic (exact) mass is 151 g/mol. The van der Waals surface area contributed by atoms with Crippen molar-refractivity contribution >= 4 is 0 Å². The van der Waals surface area contributed by atoms with Crippen LogP contribution < -0.4 is 0 Å². The van der Waals surface area contributed by atoms with Crippen molar-refractivity contribution in [2.45, 2.75) is 12.1 Å². The zero-order valence-corrected chi connectivity index (χ0v) is 4.01. The van der Waals surface area contributed by atoms with Gasteiger partial charge in [-0.2, -0.15) is 22.0 Å². The maximum Gasteiger partial charge on any atom is 0.455 e. The van der Waals surface area contributed by atoms with Gasteiger partial charge in [0.1, 0.15) is 6.61 Å². The van der Waals surface area contributed by atoms with E-state index < -0.39 is 18.7 Å². The molecule has 0 radical (unpaired) electrons. The second-order valence-corrected chi connectivity index (χ2v) is 1.35. The first-order chi connectivity index (χ1) is 4.31. The van der Waals surface area contributed by atoms with Crippen LogP contribution in [0.5, 0.6) is 0 Å². The molecule has 0 saturated carbocycles. The summed E-state index contributed by atoms with van der Waals surface area (Å²) in [5.74, 6) is -4.92. The SMILES string of the molecule is [2H]OCC(F)(F)C(F)(F)F. The van der Waals surface area contributed by atoms with E-state index in [0.29, 0.717) is 0 Å². The Morgan fingerprint density at radius 2 is 1.67 bits per heavy atom. The maximum absolute atomic E-state index is 11.6. The van der Waals surface area contributed by atoms with Crippen LogP contribution in [0.3, 0.4) is 0 Å². The number of alkyl halides is 5. The molecule has 1 nitrogen and oxygen atoms in total. The molecular weight excluding hydrogens is 147 g/mol. The van der Waals surface area contributed by atoms with Crippen LogP contribution in [0.1, 0.15) is 0 Å². The van der Waals surface area contributed by atoms with E-state index in [1.807, 2.05) is 0 Å². The van der Waals surface area contributed by atoms with Crippen molar-refractivity contribution < 1.29 is 27.1 Å². The maximum atomic E-state index is 11.6. The van der Waals surface area contributed by atoms with E-state index >= 15 is 0 Å². The highest BCUT2D eigenvalue weighted by Gasteiger charge is 2.56. The minimum absolute atomic E-state index is 1.96. The van der Waals surface area contributed by atoms with Gasteiger partial charge in [-0.15, -0.1) is 0 Å². The molecule has 0 heterocycles. The van der Waals surface area contributed by atoms with Crippen molar-refractivity contribution in [3.05, 3.63) is 0 Å². The Kier molecular flexibility index (Phi) is 1.56. The van der Waals surface area contributed by atoms with Gasteiger partial charge >= 0.3 is 12.1 Å². The minimum atomic E-state index is -5.63. The molecule has 0 aliphatic rings. The van der Waals surface area contributed by atoms with Crippen LogP contribution >= 0.6 is 0 Å². The van der Waals surface area contributed by atoms with E-state index in [2.05, 4.69) is 5.11 Å². The first kappa shape index (κ1) is 6.73. The van der Waals surface area contributed by atoms with Gasteiger partial charge in [-0.1, -0.05) is 0 Å². The first-order valence-corrected chi connectivity index (χ1v) is 1.84. The molecule has 9 heavy (non-hydrogen) atoms. The molecule has 0 aliphatic carbocycles. The molecule has 0 saturated heterocycles. The van der Waals surface area contributed by atoms with E-state index in [0.717, 1.165) is 0 Å². The number of hydrogen-bond acceptors (Lipinski definition) is 1. The van der Waals surface area contributed by atoms with Gasteiger partial charge in [0.2, 0.25) is 1.43 Å².